The maximum absolute atomic E-state index is 13.3. The second kappa shape index (κ2) is 8.84. The maximum atomic E-state index is 13.3. The van der Waals surface area contributed by atoms with Crippen molar-refractivity contribution in [2.24, 2.45) is 0 Å². The minimum atomic E-state index is -1.03. The molecule has 0 bridgehead atoms. The average molecular weight is 487 g/mol. The number of anilines is 1. The topological polar surface area (TPSA) is 110 Å². The van der Waals surface area contributed by atoms with Crippen molar-refractivity contribution >= 4 is 45.7 Å². The summed E-state index contributed by atoms with van der Waals surface area (Å²) < 4.78 is 10.5. The van der Waals surface area contributed by atoms with E-state index in [1.165, 1.54) is 11.0 Å². The van der Waals surface area contributed by atoms with E-state index < -0.39 is 29.5 Å². The molecule has 170 valence electrons. The Hall–Kier alpha value is -3.43. The van der Waals surface area contributed by atoms with E-state index in [9.17, 15) is 19.5 Å². The molecule has 2 aromatic heterocycles. The van der Waals surface area contributed by atoms with Gasteiger partial charge in [0, 0.05) is 5.02 Å². The lowest BCUT2D eigenvalue weighted by Crippen LogP contribution is -2.31. The minimum absolute atomic E-state index is 0.0155. The first-order valence-corrected chi connectivity index (χ1v) is 11.2. The highest BCUT2D eigenvalue weighted by molar-refractivity contribution is 7.17. The number of esters is 1. The van der Waals surface area contributed by atoms with Crippen LogP contribution in [0.3, 0.4) is 0 Å². The third-order valence-corrected chi connectivity index (χ3v) is 6.41. The zero-order chi connectivity index (χ0) is 23.9. The van der Waals surface area contributed by atoms with Gasteiger partial charge in [-0.25, -0.2) is 9.78 Å². The van der Waals surface area contributed by atoms with Crippen LogP contribution in [0.1, 0.15) is 50.2 Å². The second-order valence-corrected chi connectivity index (χ2v) is 8.68. The van der Waals surface area contributed by atoms with E-state index in [-0.39, 0.29) is 27.9 Å². The quantitative estimate of drug-likeness (QED) is 0.387. The lowest BCUT2D eigenvalue weighted by atomic mass is 9.95. The number of aliphatic hydroxyl groups excluding tert-OH is 1. The molecule has 3 aromatic rings. The normalized spacial score (nSPS) is 15.9. The smallest absolute Gasteiger partial charge is 0.350 e. The van der Waals surface area contributed by atoms with Crippen LogP contribution in [0.5, 0.6) is 0 Å². The molecule has 0 saturated heterocycles. The molecule has 0 spiro atoms. The molecule has 10 heteroatoms. The summed E-state index contributed by atoms with van der Waals surface area (Å²) in [6.07, 6.45) is 0. The summed E-state index contributed by atoms with van der Waals surface area (Å²) in [6, 6.07) is 8.66. The van der Waals surface area contributed by atoms with Gasteiger partial charge >= 0.3 is 5.97 Å². The Morgan fingerprint density at radius 1 is 1.27 bits per heavy atom. The number of carbonyl (C=O) groups is 3. The summed E-state index contributed by atoms with van der Waals surface area (Å²) >= 11 is 7.12. The Bertz CT molecular complexity index is 1310. The highest BCUT2D eigenvalue weighted by atomic mass is 35.5. The van der Waals surface area contributed by atoms with Gasteiger partial charge in [-0.2, -0.15) is 0 Å². The zero-order valence-electron chi connectivity index (χ0n) is 17.9. The Kier molecular flexibility index (Phi) is 6.09. The number of rotatable bonds is 6. The van der Waals surface area contributed by atoms with Crippen LogP contribution in [0.15, 0.2) is 52.1 Å². The van der Waals surface area contributed by atoms with E-state index in [4.69, 9.17) is 20.8 Å². The molecular formula is C23H19ClN2O6S. The van der Waals surface area contributed by atoms with E-state index >= 15 is 0 Å². The molecule has 1 amide bonds. The zero-order valence-corrected chi connectivity index (χ0v) is 19.5. The van der Waals surface area contributed by atoms with Crippen molar-refractivity contribution in [1.82, 2.24) is 4.98 Å². The molecule has 1 aliphatic rings. The summed E-state index contributed by atoms with van der Waals surface area (Å²) in [5, 5.41) is 11.3. The van der Waals surface area contributed by atoms with Gasteiger partial charge in [0.05, 0.1) is 23.9 Å². The minimum Gasteiger partial charge on any atom is -0.503 e. The summed E-state index contributed by atoms with van der Waals surface area (Å²) in [7, 11) is 0. The van der Waals surface area contributed by atoms with Crippen LogP contribution in [0, 0.1) is 13.8 Å². The molecule has 3 heterocycles. The fourth-order valence-corrected chi connectivity index (χ4v) is 4.77. The molecule has 1 aliphatic heterocycles. The van der Waals surface area contributed by atoms with E-state index in [0.29, 0.717) is 22.0 Å². The number of aryl methyl sites for hydroxylation is 2. The third kappa shape index (κ3) is 4.05. The van der Waals surface area contributed by atoms with Crippen molar-refractivity contribution in [3.63, 3.8) is 0 Å². The van der Waals surface area contributed by atoms with Gasteiger partial charge in [0.15, 0.2) is 16.7 Å². The number of hydrogen-bond acceptors (Lipinski definition) is 8. The largest absolute Gasteiger partial charge is 0.503 e. The number of Topliss-reactive ketones (excluding diaryl/α,β-unsaturated/α-hetero) is 1. The molecule has 0 saturated carbocycles. The number of nitrogens with zero attached hydrogens (tertiary/aromatic N) is 2. The fraction of sp³-hybridized carbons (Fsp3) is 0.217. The maximum Gasteiger partial charge on any atom is 0.350 e. The van der Waals surface area contributed by atoms with Crippen LogP contribution in [0.2, 0.25) is 5.02 Å². The Morgan fingerprint density at radius 2 is 2.03 bits per heavy atom. The predicted molar refractivity (Wildman–Crippen MR) is 122 cm³/mol. The van der Waals surface area contributed by atoms with Gasteiger partial charge in [0.2, 0.25) is 5.78 Å². The Balaban J connectivity index is 1.86. The summed E-state index contributed by atoms with van der Waals surface area (Å²) in [6.45, 7) is 5.17. The van der Waals surface area contributed by atoms with Gasteiger partial charge in [-0.05, 0) is 50.6 Å². The molecular weight excluding hydrogens is 468 g/mol. The summed E-state index contributed by atoms with van der Waals surface area (Å²) in [5.41, 5.74) is 0.686. The number of amides is 1. The third-order valence-electron chi connectivity index (χ3n) is 5.03. The molecule has 1 atom stereocenters. The first-order valence-electron chi connectivity index (χ1n) is 10.0. The van der Waals surface area contributed by atoms with Gasteiger partial charge in [-0.15, -0.1) is 0 Å². The van der Waals surface area contributed by atoms with Crippen molar-refractivity contribution in [2.75, 3.05) is 11.5 Å². The number of ether oxygens (including phenoxy) is 1. The van der Waals surface area contributed by atoms with Crippen molar-refractivity contribution in [3.05, 3.63) is 80.4 Å². The van der Waals surface area contributed by atoms with Crippen LogP contribution in [0.25, 0.3) is 0 Å². The number of carbonyl (C=O) groups excluding carboxylic acids is 3. The van der Waals surface area contributed by atoms with E-state index in [1.54, 1.807) is 51.1 Å². The molecule has 8 nitrogen and oxygen atoms in total. The SMILES string of the molecule is CCOC(=O)c1sc(N2C(=O)C(O)=C(C(=O)c3ccc(C)o3)[C@H]2c2cccc(Cl)c2)nc1C. The van der Waals surface area contributed by atoms with Gasteiger partial charge in [-0.1, -0.05) is 35.1 Å². The summed E-state index contributed by atoms with van der Waals surface area (Å²) in [4.78, 5) is 44.6. The number of benzene rings is 1. The Labute approximate surface area is 198 Å². The van der Waals surface area contributed by atoms with E-state index in [1.807, 2.05) is 0 Å². The number of aliphatic hydroxyl groups is 1. The second-order valence-electron chi connectivity index (χ2n) is 7.27. The first-order chi connectivity index (χ1) is 15.7. The van der Waals surface area contributed by atoms with Crippen molar-refractivity contribution in [2.45, 2.75) is 26.8 Å². The predicted octanol–water partition coefficient (Wildman–Crippen LogP) is 4.97. The number of hydrogen-bond donors (Lipinski definition) is 1. The molecule has 0 aliphatic carbocycles. The van der Waals surface area contributed by atoms with Crippen LogP contribution >= 0.6 is 22.9 Å². The highest BCUT2D eigenvalue weighted by Gasteiger charge is 2.47. The monoisotopic (exact) mass is 486 g/mol. The van der Waals surface area contributed by atoms with Gasteiger partial charge in [-0.3, -0.25) is 14.5 Å². The van der Waals surface area contributed by atoms with Crippen molar-refractivity contribution in [3.8, 4) is 0 Å². The van der Waals surface area contributed by atoms with Crippen LogP contribution in [0.4, 0.5) is 5.13 Å². The lowest BCUT2D eigenvalue weighted by Gasteiger charge is -2.24. The fourth-order valence-electron chi connectivity index (χ4n) is 3.59. The Morgan fingerprint density at radius 3 is 2.67 bits per heavy atom. The lowest BCUT2D eigenvalue weighted by molar-refractivity contribution is -0.117. The number of halogens is 1. The number of furan rings is 1. The first kappa shape index (κ1) is 22.8. The molecule has 1 aromatic carbocycles. The van der Waals surface area contributed by atoms with Crippen molar-refractivity contribution < 1.29 is 28.6 Å². The number of thiazole rings is 1. The number of aromatic nitrogens is 1. The number of ketones is 1. The van der Waals surface area contributed by atoms with Gasteiger partial charge in [0.25, 0.3) is 5.91 Å². The molecule has 0 unspecified atom stereocenters. The van der Waals surface area contributed by atoms with E-state index in [0.717, 1.165) is 11.3 Å². The molecule has 4 rings (SSSR count). The van der Waals surface area contributed by atoms with E-state index in [2.05, 4.69) is 4.98 Å². The molecule has 0 fully saturated rings. The molecule has 33 heavy (non-hydrogen) atoms. The van der Waals surface area contributed by atoms with Crippen molar-refractivity contribution in [1.29, 1.82) is 0 Å². The van der Waals surface area contributed by atoms with Crippen LogP contribution in [-0.2, 0) is 9.53 Å². The van der Waals surface area contributed by atoms with Crippen LogP contribution in [-0.4, -0.2) is 34.4 Å². The summed E-state index contributed by atoms with van der Waals surface area (Å²) in [5.74, 6) is -2.25. The molecule has 1 N–H and O–H groups in total. The van der Waals surface area contributed by atoms with Crippen LogP contribution < -0.4 is 4.90 Å². The average Bonchev–Trinajstić information content (AvgIpc) is 3.44. The van der Waals surface area contributed by atoms with Gasteiger partial charge in [0.1, 0.15) is 10.6 Å². The standard InChI is InChI=1S/C23H19ClN2O6S/c1-4-31-22(30)20-12(3)25-23(33-20)26-17(13-6-5-7-14(24)10-13)16(19(28)21(26)29)18(27)15-9-8-11(2)32-15/h5-10,17,28H,4H2,1-3H3/t17-/m1/s1. The highest BCUT2D eigenvalue weighted by Crippen LogP contribution is 2.44. The van der Waals surface area contributed by atoms with Gasteiger partial charge < -0.3 is 14.3 Å². The molecule has 0 radical (unpaired) electrons.